The van der Waals surface area contributed by atoms with E-state index in [1.807, 2.05) is 0 Å². The second kappa shape index (κ2) is 8.93. The number of rotatable bonds is 8. The Balaban J connectivity index is 2.10. The van der Waals surface area contributed by atoms with Crippen LogP contribution in [-0.2, 0) is 0 Å². The van der Waals surface area contributed by atoms with Gasteiger partial charge >= 0.3 is 0 Å². The molecule has 0 amide bonds. The van der Waals surface area contributed by atoms with E-state index in [1.54, 1.807) is 0 Å². The van der Waals surface area contributed by atoms with Crippen LogP contribution in [0.5, 0.6) is 0 Å². The summed E-state index contributed by atoms with van der Waals surface area (Å²) >= 11 is 0. The number of hydrogen-bond donors (Lipinski definition) is 0. The molecule has 0 spiro atoms. The zero-order chi connectivity index (χ0) is 12.5. The lowest BCUT2D eigenvalue weighted by Crippen LogP contribution is -2.43. The summed E-state index contributed by atoms with van der Waals surface area (Å²) in [5, 5.41) is 0. The quantitative estimate of drug-likeness (QED) is 0.600. The van der Waals surface area contributed by atoms with Crippen LogP contribution in [0.25, 0.3) is 0 Å². The topological polar surface area (TPSA) is 6.48 Å². The molecule has 1 aliphatic rings. The summed E-state index contributed by atoms with van der Waals surface area (Å²) in [6, 6.07) is 0.852. The molecular weight excluding hydrogens is 208 g/mol. The molecule has 0 aromatic rings. The van der Waals surface area contributed by atoms with Gasteiger partial charge in [0, 0.05) is 6.04 Å². The highest BCUT2D eigenvalue weighted by atomic mass is 15.2. The molecular formula is C15H32N2. The summed E-state index contributed by atoms with van der Waals surface area (Å²) in [5.74, 6) is 0. The average Bonchev–Trinajstić information content (AvgIpc) is 2.36. The highest BCUT2D eigenvalue weighted by molar-refractivity contribution is 4.78. The molecule has 0 radical (unpaired) electrons. The Morgan fingerprint density at radius 3 is 2.29 bits per heavy atom. The fourth-order valence-electron chi connectivity index (χ4n) is 2.87. The molecule has 0 atom stereocenters. The van der Waals surface area contributed by atoms with Gasteiger partial charge in [-0.2, -0.15) is 0 Å². The predicted octanol–water partition coefficient (Wildman–Crippen LogP) is 3.37. The van der Waals surface area contributed by atoms with Gasteiger partial charge in [-0.1, -0.05) is 33.1 Å². The van der Waals surface area contributed by atoms with Gasteiger partial charge in [0.2, 0.25) is 0 Å². The van der Waals surface area contributed by atoms with Gasteiger partial charge in [-0.05, 0) is 58.9 Å². The van der Waals surface area contributed by atoms with Gasteiger partial charge in [0.1, 0.15) is 0 Å². The van der Waals surface area contributed by atoms with Gasteiger partial charge < -0.3 is 9.80 Å². The molecule has 2 nitrogen and oxygen atoms in total. The molecule has 1 heterocycles. The lowest BCUT2D eigenvalue weighted by atomic mass is 10.0. The fraction of sp³-hybridized carbons (Fsp3) is 1.00. The SMILES string of the molecule is CCCCCCN(C)C1CCN(CCC)CC1. The van der Waals surface area contributed by atoms with Crippen molar-refractivity contribution < 1.29 is 0 Å². The van der Waals surface area contributed by atoms with E-state index in [1.165, 1.54) is 71.1 Å². The van der Waals surface area contributed by atoms with Gasteiger partial charge in [0.15, 0.2) is 0 Å². The molecule has 1 saturated heterocycles. The fourth-order valence-corrected chi connectivity index (χ4v) is 2.87. The molecule has 0 aromatic carbocycles. The van der Waals surface area contributed by atoms with E-state index in [4.69, 9.17) is 0 Å². The van der Waals surface area contributed by atoms with Crippen LogP contribution in [0, 0.1) is 0 Å². The largest absolute Gasteiger partial charge is 0.303 e. The maximum atomic E-state index is 2.63. The Morgan fingerprint density at radius 2 is 1.71 bits per heavy atom. The average molecular weight is 240 g/mol. The van der Waals surface area contributed by atoms with Crippen LogP contribution in [0.15, 0.2) is 0 Å². The van der Waals surface area contributed by atoms with Gasteiger partial charge in [-0.25, -0.2) is 0 Å². The highest BCUT2D eigenvalue weighted by Crippen LogP contribution is 2.16. The van der Waals surface area contributed by atoms with E-state index >= 15 is 0 Å². The summed E-state index contributed by atoms with van der Waals surface area (Å²) in [6.45, 7) is 9.81. The number of likely N-dealkylation sites (tertiary alicyclic amines) is 1. The van der Waals surface area contributed by atoms with Crippen molar-refractivity contribution >= 4 is 0 Å². The molecule has 0 saturated carbocycles. The minimum Gasteiger partial charge on any atom is -0.303 e. The van der Waals surface area contributed by atoms with Gasteiger partial charge in [0.25, 0.3) is 0 Å². The van der Waals surface area contributed by atoms with E-state index < -0.39 is 0 Å². The maximum Gasteiger partial charge on any atom is 0.0117 e. The van der Waals surface area contributed by atoms with Crippen molar-refractivity contribution in [2.75, 3.05) is 33.2 Å². The Hall–Kier alpha value is -0.0800. The lowest BCUT2D eigenvalue weighted by molar-refractivity contribution is 0.126. The van der Waals surface area contributed by atoms with E-state index in [0.717, 1.165) is 6.04 Å². The second-order valence-electron chi connectivity index (χ2n) is 5.61. The minimum atomic E-state index is 0.852. The van der Waals surface area contributed by atoms with Gasteiger partial charge in [-0.15, -0.1) is 0 Å². The zero-order valence-electron chi connectivity index (χ0n) is 12.2. The second-order valence-corrected chi connectivity index (χ2v) is 5.61. The van der Waals surface area contributed by atoms with Crippen LogP contribution >= 0.6 is 0 Å². The molecule has 1 fully saturated rings. The van der Waals surface area contributed by atoms with Crippen molar-refractivity contribution in [3.63, 3.8) is 0 Å². The maximum absolute atomic E-state index is 2.63. The van der Waals surface area contributed by atoms with E-state index in [0.29, 0.717) is 0 Å². The lowest BCUT2D eigenvalue weighted by Gasteiger charge is -2.36. The first-order valence-electron chi connectivity index (χ1n) is 7.70. The Labute approximate surface area is 108 Å². The smallest absolute Gasteiger partial charge is 0.0117 e. The first-order valence-corrected chi connectivity index (χ1v) is 7.70. The molecule has 0 N–H and O–H groups in total. The third-order valence-corrected chi connectivity index (χ3v) is 4.08. The molecule has 0 aliphatic carbocycles. The van der Waals surface area contributed by atoms with E-state index in [2.05, 4.69) is 30.7 Å². The van der Waals surface area contributed by atoms with Crippen LogP contribution in [0.3, 0.4) is 0 Å². The highest BCUT2D eigenvalue weighted by Gasteiger charge is 2.21. The van der Waals surface area contributed by atoms with Crippen molar-refractivity contribution in [3.8, 4) is 0 Å². The first-order chi connectivity index (χ1) is 8.27. The van der Waals surface area contributed by atoms with Crippen molar-refractivity contribution in [1.82, 2.24) is 9.80 Å². The zero-order valence-corrected chi connectivity index (χ0v) is 12.2. The molecule has 0 aromatic heterocycles. The number of hydrogen-bond acceptors (Lipinski definition) is 2. The Kier molecular flexibility index (Phi) is 7.87. The van der Waals surface area contributed by atoms with E-state index in [-0.39, 0.29) is 0 Å². The molecule has 2 heteroatoms. The number of nitrogens with zero attached hydrogens (tertiary/aromatic N) is 2. The van der Waals surface area contributed by atoms with Gasteiger partial charge in [0.05, 0.1) is 0 Å². The van der Waals surface area contributed by atoms with Gasteiger partial charge in [-0.3, -0.25) is 0 Å². The molecule has 17 heavy (non-hydrogen) atoms. The Morgan fingerprint density at radius 1 is 1.00 bits per heavy atom. The normalized spacial score (nSPS) is 19.1. The molecule has 1 aliphatic heterocycles. The van der Waals surface area contributed by atoms with Crippen LogP contribution in [0.2, 0.25) is 0 Å². The summed E-state index contributed by atoms with van der Waals surface area (Å²) < 4.78 is 0. The van der Waals surface area contributed by atoms with Crippen molar-refractivity contribution in [1.29, 1.82) is 0 Å². The summed E-state index contributed by atoms with van der Waals surface area (Å²) in [5.41, 5.74) is 0. The standard InChI is InChI=1S/C15H32N2/c1-4-6-7-8-12-16(3)15-9-13-17(11-5-2)14-10-15/h15H,4-14H2,1-3H3. The Bertz CT molecular complexity index is 174. The van der Waals surface area contributed by atoms with Crippen LogP contribution < -0.4 is 0 Å². The minimum absolute atomic E-state index is 0.852. The predicted molar refractivity (Wildman–Crippen MR) is 76.5 cm³/mol. The summed E-state index contributed by atoms with van der Waals surface area (Å²) in [6.07, 6.45) is 9.61. The number of piperidine rings is 1. The number of unbranched alkanes of at least 4 members (excludes halogenated alkanes) is 3. The third-order valence-electron chi connectivity index (χ3n) is 4.08. The first kappa shape index (κ1) is 15.0. The monoisotopic (exact) mass is 240 g/mol. The third kappa shape index (κ3) is 5.87. The van der Waals surface area contributed by atoms with Crippen molar-refractivity contribution in [2.45, 2.75) is 64.8 Å². The van der Waals surface area contributed by atoms with Crippen molar-refractivity contribution in [3.05, 3.63) is 0 Å². The summed E-state index contributed by atoms with van der Waals surface area (Å²) in [4.78, 5) is 5.24. The molecule has 1 rings (SSSR count). The van der Waals surface area contributed by atoms with Crippen LogP contribution in [0.4, 0.5) is 0 Å². The molecule has 0 bridgehead atoms. The van der Waals surface area contributed by atoms with Crippen molar-refractivity contribution in [2.24, 2.45) is 0 Å². The van der Waals surface area contributed by atoms with Crippen LogP contribution in [-0.4, -0.2) is 49.1 Å². The van der Waals surface area contributed by atoms with E-state index in [9.17, 15) is 0 Å². The summed E-state index contributed by atoms with van der Waals surface area (Å²) in [7, 11) is 2.33. The van der Waals surface area contributed by atoms with Crippen LogP contribution in [0.1, 0.15) is 58.8 Å². The molecule has 0 unspecified atom stereocenters. The molecule has 102 valence electrons.